The molecule has 0 aliphatic carbocycles. The average Bonchev–Trinajstić information content (AvgIpc) is 2.83. The predicted molar refractivity (Wildman–Crippen MR) is 119 cm³/mol. The van der Waals surface area contributed by atoms with Gasteiger partial charge >= 0.3 is 0 Å². The molecule has 0 unspecified atom stereocenters. The van der Waals surface area contributed by atoms with Gasteiger partial charge in [-0.05, 0) is 23.8 Å². The highest BCUT2D eigenvalue weighted by Crippen LogP contribution is 2.23. The number of ether oxygens (including phenoxy) is 1. The second-order valence-electron chi connectivity index (χ2n) is 6.70. The summed E-state index contributed by atoms with van der Waals surface area (Å²) < 4.78 is 5.45. The Morgan fingerprint density at radius 1 is 0.767 bits per heavy atom. The Balaban J connectivity index is 1.58. The van der Waals surface area contributed by atoms with Crippen LogP contribution in [0.15, 0.2) is 85.2 Å². The zero-order valence-corrected chi connectivity index (χ0v) is 16.7. The van der Waals surface area contributed by atoms with Crippen molar-refractivity contribution in [3.05, 3.63) is 96.3 Å². The van der Waals surface area contributed by atoms with Crippen molar-refractivity contribution < 1.29 is 4.74 Å². The molecule has 0 bridgehead atoms. The van der Waals surface area contributed by atoms with E-state index in [4.69, 9.17) is 14.7 Å². The Bertz CT molecular complexity index is 1090. The van der Waals surface area contributed by atoms with Gasteiger partial charge in [0.1, 0.15) is 17.4 Å². The first-order chi connectivity index (χ1) is 14.8. The quantitative estimate of drug-likeness (QED) is 0.446. The summed E-state index contributed by atoms with van der Waals surface area (Å²) >= 11 is 0. The van der Waals surface area contributed by atoms with Crippen LogP contribution in [0.1, 0.15) is 11.1 Å². The van der Waals surface area contributed by atoms with Crippen LogP contribution in [0.25, 0.3) is 11.4 Å². The maximum atomic E-state index is 5.45. The SMILES string of the molecule is COc1ccccc1CNc1cc(NCc2ccncc2)nc(-c2ccccc2)n1. The standard InChI is InChI=1S/C24H23N5O/c1-30-21-10-6-5-9-20(21)17-27-23-15-22(26-16-18-11-13-25-14-12-18)28-24(29-23)19-7-3-2-4-8-19/h2-15H,16-17H2,1H3,(H2,26,27,28,29). The first-order valence-electron chi connectivity index (χ1n) is 9.75. The molecule has 0 saturated heterocycles. The number of hydrogen-bond donors (Lipinski definition) is 2. The lowest BCUT2D eigenvalue weighted by Gasteiger charge is -2.13. The largest absolute Gasteiger partial charge is 0.496 e. The number of aromatic nitrogens is 3. The molecule has 150 valence electrons. The van der Waals surface area contributed by atoms with Crippen molar-refractivity contribution in [1.29, 1.82) is 0 Å². The van der Waals surface area contributed by atoms with Crippen molar-refractivity contribution in [2.75, 3.05) is 17.7 Å². The summed E-state index contributed by atoms with van der Waals surface area (Å²) in [6, 6.07) is 23.8. The highest BCUT2D eigenvalue weighted by Gasteiger charge is 2.08. The van der Waals surface area contributed by atoms with Crippen molar-refractivity contribution in [2.24, 2.45) is 0 Å². The van der Waals surface area contributed by atoms with Crippen molar-refractivity contribution in [1.82, 2.24) is 15.0 Å². The topological polar surface area (TPSA) is 72.0 Å². The lowest BCUT2D eigenvalue weighted by atomic mass is 10.2. The minimum absolute atomic E-state index is 0.596. The molecule has 4 rings (SSSR count). The molecule has 4 aromatic rings. The Morgan fingerprint density at radius 2 is 1.43 bits per heavy atom. The van der Waals surface area contributed by atoms with Crippen LogP contribution in [0.4, 0.5) is 11.6 Å². The monoisotopic (exact) mass is 397 g/mol. The molecule has 2 aromatic carbocycles. The maximum absolute atomic E-state index is 5.45. The van der Waals surface area contributed by atoms with Crippen molar-refractivity contribution in [3.63, 3.8) is 0 Å². The molecule has 2 aromatic heterocycles. The van der Waals surface area contributed by atoms with Crippen LogP contribution in [0.2, 0.25) is 0 Å². The average molecular weight is 397 g/mol. The number of rotatable bonds is 8. The third kappa shape index (κ3) is 4.91. The van der Waals surface area contributed by atoms with Crippen LogP contribution < -0.4 is 15.4 Å². The summed E-state index contributed by atoms with van der Waals surface area (Å²) in [7, 11) is 1.68. The van der Waals surface area contributed by atoms with Gasteiger partial charge in [0.15, 0.2) is 5.82 Å². The number of nitrogens with zero attached hydrogens (tertiary/aromatic N) is 3. The van der Waals surface area contributed by atoms with E-state index in [1.165, 1.54) is 0 Å². The van der Waals surface area contributed by atoms with Crippen LogP contribution in [0.5, 0.6) is 5.75 Å². The van der Waals surface area contributed by atoms with E-state index in [2.05, 4.69) is 15.6 Å². The normalized spacial score (nSPS) is 10.4. The van der Waals surface area contributed by atoms with Gasteiger partial charge in [-0.2, -0.15) is 0 Å². The molecule has 0 radical (unpaired) electrons. The van der Waals surface area contributed by atoms with Crippen molar-refractivity contribution >= 4 is 11.6 Å². The van der Waals surface area contributed by atoms with Gasteiger partial charge in [-0.3, -0.25) is 4.98 Å². The highest BCUT2D eigenvalue weighted by molar-refractivity contribution is 5.61. The second-order valence-corrected chi connectivity index (χ2v) is 6.70. The fraction of sp³-hybridized carbons (Fsp3) is 0.125. The summed E-state index contributed by atoms with van der Waals surface area (Å²) in [5.41, 5.74) is 3.16. The molecule has 6 heteroatoms. The number of pyridine rings is 1. The number of nitrogens with one attached hydrogen (secondary N) is 2. The van der Waals surface area contributed by atoms with Crippen LogP contribution in [-0.2, 0) is 13.1 Å². The molecule has 30 heavy (non-hydrogen) atoms. The molecule has 0 aliphatic rings. The molecular weight excluding hydrogens is 374 g/mol. The van der Waals surface area contributed by atoms with Crippen LogP contribution >= 0.6 is 0 Å². The van der Waals surface area contributed by atoms with Crippen molar-refractivity contribution in [2.45, 2.75) is 13.1 Å². The predicted octanol–water partition coefficient (Wildman–Crippen LogP) is 4.77. The Morgan fingerprint density at radius 3 is 2.17 bits per heavy atom. The fourth-order valence-electron chi connectivity index (χ4n) is 3.07. The van der Waals surface area contributed by atoms with Gasteiger partial charge in [-0.1, -0.05) is 48.5 Å². The third-order valence-electron chi connectivity index (χ3n) is 4.63. The van der Waals surface area contributed by atoms with Crippen LogP contribution in [0, 0.1) is 0 Å². The first kappa shape index (κ1) is 19.4. The number of methoxy groups -OCH3 is 1. The Hall–Kier alpha value is -3.93. The van der Waals surface area contributed by atoms with E-state index in [9.17, 15) is 0 Å². The number of benzene rings is 2. The lowest BCUT2D eigenvalue weighted by Crippen LogP contribution is -2.07. The first-order valence-corrected chi connectivity index (χ1v) is 9.75. The summed E-state index contributed by atoms with van der Waals surface area (Å²) in [6.45, 7) is 1.25. The van der Waals surface area contributed by atoms with E-state index >= 15 is 0 Å². The highest BCUT2D eigenvalue weighted by atomic mass is 16.5. The van der Waals surface area contributed by atoms with E-state index < -0.39 is 0 Å². The van der Waals surface area contributed by atoms with Gasteiger partial charge < -0.3 is 15.4 Å². The molecule has 0 atom stereocenters. The van der Waals surface area contributed by atoms with Gasteiger partial charge in [0.2, 0.25) is 0 Å². The minimum atomic E-state index is 0.596. The smallest absolute Gasteiger partial charge is 0.163 e. The zero-order valence-electron chi connectivity index (χ0n) is 16.7. The van der Waals surface area contributed by atoms with Gasteiger partial charge in [-0.15, -0.1) is 0 Å². The summed E-state index contributed by atoms with van der Waals surface area (Å²) in [5.74, 6) is 3.01. The van der Waals surface area contributed by atoms with Gasteiger partial charge in [0.05, 0.1) is 7.11 Å². The van der Waals surface area contributed by atoms with E-state index in [-0.39, 0.29) is 0 Å². The Kier molecular flexibility index (Phi) is 6.15. The molecular formula is C24H23N5O. The van der Waals surface area contributed by atoms with Gasteiger partial charge in [-0.25, -0.2) is 9.97 Å². The molecule has 2 N–H and O–H groups in total. The summed E-state index contributed by atoms with van der Waals surface area (Å²) in [6.07, 6.45) is 3.57. The number of hydrogen-bond acceptors (Lipinski definition) is 6. The summed E-state index contributed by atoms with van der Waals surface area (Å²) in [5, 5.41) is 6.79. The molecule has 6 nitrogen and oxygen atoms in total. The molecule has 0 aliphatic heterocycles. The number of anilines is 2. The summed E-state index contributed by atoms with van der Waals surface area (Å²) in [4.78, 5) is 13.5. The number of para-hydroxylation sites is 1. The Labute approximate surface area is 176 Å². The molecule has 0 saturated carbocycles. The molecule has 0 spiro atoms. The lowest BCUT2D eigenvalue weighted by molar-refractivity contribution is 0.410. The van der Waals surface area contributed by atoms with Crippen molar-refractivity contribution in [3.8, 4) is 17.1 Å². The zero-order chi connectivity index (χ0) is 20.6. The van der Waals surface area contributed by atoms with E-state index in [1.807, 2.05) is 72.8 Å². The van der Waals surface area contributed by atoms with Gasteiger partial charge in [0, 0.05) is 42.7 Å². The van der Waals surface area contributed by atoms with Crippen LogP contribution in [0.3, 0.4) is 0 Å². The van der Waals surface area contributed by atoms with Gasteiger partial charge in [0.25, 0.3) is 0 Å². The maximum Gasteiger partial charge on any atom is 0.163 e. The fourth-order valence-corrected chi connectivity index (χ4v) is 3.07. The molecule has 0 amide bonds. The molecule has 0 fully saturated rings. The minimum Gasteiger partial charge on any atom is -0.496 e. The van der Waals surface area contributed by atoms with E-state index in [0.29, 0.717) is 18.9 Å². The molecule has 2 heterocycles. The van der Waals surface area contributed by atoms with E-state index in [1.54, 1.807) is 19.5 Å². The van der Waals surface area contributed by atoms with Crippen LogP contribution in [-0.4, -0.2) is 22.1 Å². The van der Waals surface area contributed by atoms with E-state index in [0.717, 1.165) is 34.1 Å². The third-order valence-corrected chi connectivity index (χ3v) is 4.63. The second kappa shape index (κ2) is 9.52.